The highest BCUT2D eigenvalue weighted by Gasteiger charge is 2.12. The zero-order valence-corrected chi connectivity index (χ0v) is 11.2. The molecule has 2 heterocycles. The van der Waals surface area contributed by atoms with Gasteiger partial charge in [0.25, 0.3) is 5.91 Å². The zero-order chi connectivity index (χ0) is 12.6. The van der Waals surface area contributed by atoms with Crippen LogP contribution < -0.4 is 10.6 Å². The fraction of sp³-hybridized carbons (Fsp3) is 0.667. The number of thiazole rings is 1. The second-order valence-electron chi connectivity index (χ2n) is 4.30. The Morgan fingerprint density at radius 3 is 3.11 bits per heavy atom. The molecule has 1 aliphatic rings. The molecule has 0 aromatic carbocycles. The molecule has 6 heteroatoms. The third-order valence-corrected chi connectivity index (χ3v) is 3.50. The Labute approximate surface area is 111 Å². The van der Waals surface area contributed by atoms with Gasteiger partial charge in [-0.25, -0.2) is 4.98 Å². The molecule has 1 aromatic rings. The second kappa shape index (κ2) is 7.45. The molecule has 0 radical (unpaired) electrons. The van der Waals surface area contributed by atoms with Gasteiger partial charge < -0.3 is 15.4 Å². The largest absolute Gasteiger partial charge is 0.378 e. The van der Waals surface area contributed by atoms with Crippen molar-refractivity contribution in [2.24, 2.45) is 0 Å². The molecule has 2 N–H and O–H groups in total. The molecule has 0 saturated carbocycles. The minimum Gasteiger partial charge on any atom is -0.378 e. The molecule has 1 amide bonds. The highest BCUT2D eigenvalue weighted by atomic mass is 32.1. The van der Waals surface area contributed by atoms with E-state index in [4.69, 9.17) is 4.74 Å². The van der Waals surface area contributed by atoms with E-state index in [9.17, 15) is 4.79 Å². The van der Waals surface area contributed by atoms with E-state index in [-0.39, 0.29) is 5.91 Å². The van der Waals surface area contributed by atoms with Crippen molar-refractivity contribution < 1.29 is 9.53 Å². The van der Waals surface area contributed by atoms with Crippen LogP contribution in [0.1, 0.15) is 29.8 Å². The van der Waals surface area contributed by atoms with Crippen LogP contribution in [0.4, 0.5) is 0 Å². The Morgan fingerprint density at radius 2 is 2.39 bits per heavy atom. The van der Waals surface area contributed by atoms with Gasteiger partial charge in [0.05, 0.1) is 11.6 Å². The summed E-state index contributed by atoms with van der Waals surface area (Å²) < 4.78 is 5.75. The lowest BCUT2D eigenvalue weighted by Crippen LogP contribution is -2.33. The van der Waals surface area contributed by atoms with Crippen molar-refractivity contribution in [2.45, 2.75) is 25.4 Å². The second-order valence-corrected chi connectivity index (χ2v) is 5.02. The molecule has 1 saturated heterocycles. The van der Waals surface area contributed by atoms with Crippen molar-refractivity contribution in [2.75, 3.05) is 26.2 Å². The highest BCUT2D eigenvalue weighted by molar-refractivity contribution is 7.07. The number of hydrogen-bond donors (Lipinski definition) is 2. The molecule has 2 rings (SSSR count). The van der Waals surface area contributed by atoms with Crippen molar-refractivity contribution in [3.8, 4) is 0 Å². The predicted octanol–water partition coefficient (Wildman–Crippen LogP) is 1.03. The van der Waals surface area contributed by atoms with E-state index in [1.165, 1.54) is 11.3 Å². The molecule has 0 atom stereocenters. The van der Waals surface area contributed by atoms with Gasteiger partial charge in [-0.1, -0.05) is 0 Å². The number of carbonyl (C=O) groups excluding carboxylic acids is 1. The molecule has 1 aromatic heterocycles. The van der Waals surface area contributed by atoms with E-state index in [1.807, 2.05) is 0 Å². The van der Waals surface area contributed by atoms with E-state index < -0.39 is 0 Å². The molecule has 18 heavy (non-hydrogen) atoms. The van der Waals surface area contributed by atoms with Crippen molar-refractivity contribution in [1.82, 2.24) is 15.6 Å². The predicted molar refractivity (Wildman–Crippen MR) is 70.9 cm³/mol. The summed E-state index contributed by atoms with van der Waals surface area (Å²) in [6.07, 6.45) is 3.41. The van der Waals surface area contributed by atoms with Gasteiger partial charge >= 0.3 is 0 Å². The van der Waals surface area contributed by atoms with Crippen LogP contribution in [0.3, 0.4) is 0 Å². The first-order valence-electron chi connectivity index (χ1n) is 6.35. The first kappa shape index (κ1) is 13.5. The molecule has 0 bridgehead atoms. The van der Waals surface area contributed by atoms with E-state index >= 15 is 0 Å². The fourth-order valence-corrected chi connectivity index (χ4v) is 2.43. The van der Waals surface area contributed by atoms with Gasteiger partial charge in [-0.05, 0) is 32.4 Å². The summed E-state index contributed by atoms with van der Waals surface area (Å²) in [5, 5.41) is 7.89. The van der Waals surface area contributed by atoms with Crippen molar-refractivity contribution >= 4 is 17.2 Å². The number of aromatic nitrogens is 1. The van der Waals surface area contributed by atoms with Crippen LogP contribution in [0.15, 0.2) is 10.9 Å². The lowest BCUT2D eigenvalue weighted by Gasteiger charge is -2.22. The van der Waals surface area contributed by atoms with Gasteiger partial charge in [-0.2, -0.15) is 0 Å². The standard InChI is InChI=1S/C12H19N3O2S/c16-12(11-8-18-9-15-11)14-4-1-7-17-10-2-5-13-6-3-10/h8-10,13H,1-7H2,(H,14,16). The minimum absolute atomic E-state index is 0.0990. The van der Waals surface area contributed by atoms with Crippen LogP contribution in [0.5, 0.6) is 0 Å². The summed E-state index contributed by atoms with van der Waals surface area (Å²) >= 11 is 1.43. The van der Waals surface area contributed by atoms with E-state index in [0.29, 0.717) is 24.9 Å². The molecule has 0 spiro atoms. The summed E-state index contributed by atoms with van der Waals surface area (Å²) in [5.74, 6) is -0.0990. The van der Waals surface area contributed by atoms with Crippen LogP contribution in [0.2, 0.25) is 0 Å². The number of carbonyl (C=O) groups is 1. The van der Waals surface area contributed by atoms with Crippen LogP contribution in [-0.2, 0) is 4.74 Å². The number of nitrogens with one attached hydrogen (secondary N) is 2. The number of ether oxygens (including phenoxy) is 1. The summed E-state index contributed by atoms with van der Waals surface area (Å²) in [6.45, 7) is 3.44. The minimum atomic E-state index is -0.0990. The third-order valence-electron chi connectivity index (χ3n) is 2.91. The quantitative estimate of drug-likeness (QED) is 0.757. The highest BCUT2D eigenvalue weighted by Crippen LogP contribution is 2.07. The van der Waals surface area contributed by atoms with Gasteiger partial charge in [-0.3, -0.25) is 4.79 Å². The lowest BCUT2D eigenvalue weighted by atomic mass is 10.1. The molecule has 1 fully saturated rings. The summed E-state index contributed by atoms with van der Waals surface area (Å²) in [6, 6.07) is 0. The monoisotopic (exact) mass is 269 g/mol. The van der Waals surface area contributed by atoms with E-state index in [2.05, 4.69) is 15.6 Å². The molecule has 100 valence electrons. The van der Waals surface area contributed by atoms with Crippen molar-refractivity contribution in [1.29, 1.82) is 0 Å². The smallest absolute Gasteiger partial charge is 0.270 e. The first-order chi connectivity index (χ1) is 8.86. The van der Waals surface area contributed by atoms with Crippen molar-refractivity contribution in [3.05, 3.63) is 16.6 Å². The normalized spacial score (nSPS) is 16.7. The van der Waals surface area contributed by atoms with Gasteiger partial charge in [0.1, 0.15) is 5.69 Å². The maximum absolute atomic E-state index is 11.6. The third kappa shape index (κ3) is 4.36. The van der Waals surface area contributed by atoms with Crippen molar-refractivity contribution in [3.63, 3.8) is 0 Å². The molecule has 0 aliphatic carbocycles. The van der Waals surface area contributed by atoms with Gasteiger partial charge in [0.2, 0.25) is 0 Å². The molecule has 0 unspecified atom stereocenters. The Kier molecular flexibility index (Phi) is 5.57. The van der Waals surface area contributed by atoms with Gasteiger partial charge in [-0.15, -0.1) is 11.3 Å². The lowest BCUT2D eigenvalue weighted by molar-refractivity contribution is 0.0317. The zero-order valence-electron chi connectivity index (χ0n) is 10.4. The van der Waals surface area contributed by atoms with Gasteiger partial charge in [0.15, 0.2) is 0 Å². The molecule has 1 aliphatic heterocycles. The van der Waals surface area contributed by atoms with Crippen LogP contribution in [0.25, 0.3) is 0 Å². The van der Waals surface area contributed by atoms with Crippen LogP contribution >= 0.6 is 11.3 Å². The number of nitrogens with zero attached hydrogens (tertiary/aromatic N) is 1. The van der Waals surface area contributed by atoms with E-state index in [0.717, 1.165) is 32.4 Å². The Balaban J connectivity index is 1.52. The number of hydrogen-bond acceptors (Lipinski definition) is 5. The maximum Gasteiger partial charge on any atom is 0.270 e. The topological polar surface area (TPSA) is 63.2 Å². The molecule has 5 nitrogen and oxygen atoms in total. The van der Waals surface area contributed by atoms with Crippen LogP contribution in [-0.4, -0.2) is 43.2 Å². The maximum atomic E-state index is 11.6. The van der Waals surface area contributed by atoms with E-state index in [1.54, 1.807) is 10.9 Å². The average molecular weight is 269 g/mol. The average Bonchev–Trinajstić information content (AvgIpc) is 2.93. The van der Waals surface area contributed by atoms with Gasteiger partial charge in [0, 0.05) is 18.5 Å². The molecular formula is C12H19N3O2S. The number of amides is 1. The molecular weight excluding hydrogens is 250 g/mol. The summed E-state index contributed by atoms with van der Waals surface area (Å²) in [5.41, 5.74) is 2.16. The SMILES string of the molecule is O=C(NCCCOC1CCNCC1)c1cscn1. The number of rotatable bonds is 6. The van der Waals surface area contributed by atoms with Crippen LogP contribution in [0, 0.1) is 0 Å². The number of piperidine rings is 1. The first-order valence-corrected chi connectivity index (χ1v) is 7.29. The Morgan fingerprint density at radius 1 is 1.56 bits per heavy atom. The Hall–Kier alpha value is -0.980. The summed E-state index contributed by atoms with van der Waals surface area (Å²) in [7, 11) is 0. The fourth-order valence-electron chi connectivity index (χ4n) is 1.90. The Bertz CT molecular complexity index is 350. The summed E-state index contributed by atoms with van der Waals surface area (Å²) in [4.78, 5) is 15.5.